The number of nitrogens with one attached hydrogen (secondary N) is 12. The number of hydrogen-bond donors (Lipinski definition) is 0. The van der Waals surface area contributed by atoms with Crippen molar-refractivity contribution in [2.45, 2.75) is 103 Å². The van der Waals surface area contributed by atoms with E-state index in [4.69, 9.17) is 107 Å². The van der Waals surface area contributed by atoms with Crippen LogP contribution >= 0.6 is 0 Å². The van der Waals surface area contributed by atoms with Crippen LogP contribution in [-0.2, 0) is 146 Å². The van der Waals surface area contributed by atoms with Crippen LogP contribution in [0.4, 0.5) is 68.2 Å². The first-order valence-corrected chi connectivity index (χ1v) is 30.6. The van der Waals surface area contributed by atoms with Crippen molar-refractivity contribution in [2.75, 3.05) is 106 Å². The Hall–Kier alpha value is -4.32. The molecule has 0 amide bonds. The van der Waals surface area contributed by atoms with Gasteiger partial charge in [0.2, 0.25) is 0 Å². The first kappa shape index (κ1) is 104. The summed E-state index contributed by atoms with van der Waals surface area (Å²) in [6.07, 6.45) is 20.4. The molecule has 8 heterocycles. The minimum Gasteiger partial charge on any atom is -2.00 e. The fraction of sp³-hybridized carbons (Fsp3) is 0.471. The Morgan fingerprint density at radius 1 is 0.158 bits per heavy atom. The van der Waals surface area contributed by atoms with Crippen molar-refractivity contribution < 1.29 is 146 Å². The molecule has 8 aliphatic heterocycles. The van der Waals surface area contributed by atoms with Crippen LogP contribution in [0.25, 0.3) is 68.8 Å². The van der Waals surface area contributed by atoms with Crippen LogP contribution in [0.5, 0.6) is 0 Å². The third kappa shape index (κ3) is 66.7. The van der Waals surface area contributed by atoms with Crippen LogP contribution in [0.15, 0.2) is 146 Å². The van der Waals surface area contributed by atoms with Crippen LogP contribution in [0.1, 0.15) is 103 Å². The van der Waals surface area contributed by atoms with Gasteiger partial charge in [0.25, 0.3) is 0 Å². The van der Waals surface area contributed by atoms with Crippen molar-refractivity contribution in [1.82, 2.24) is 0 Å². The van der Waals surface area contributed by atoms with E-state index in [9.17, 15) is 0 Å². The molecule has 0 aliphatic carbocycles. The van der Waals surface area contributed by atoms with Crippen molar-refractivity contribution >= 4 is 68.2 Å². The van der Waals surface area contributed by atoms with E-state index in [0.717, 1.165) is 106 Å². The molecule has 0 unspecified atom stereocenters. The number of hydrogen-bond acceptors (Lipinski definition) is 8. The molecule has 21 nitrogen and oxygen atoms in total. The van der Waals surface area contributed by atoms with Crippen LogP contribution in [0.2, 0.25) is 0 Å². The summed E-state index contributed by atoms with van der Waals surface area (Å²) in [5.41, 5.74) is 87.8. The fourth-order valence-corrected chi connectivity index (χ4v) is 6.98. The second-order valence-electron chi connectivity index (χ2n) is 19.8. The molecule has 6 aromatic carbocycles. The Morgan fingerprint density at radius 3 is 0.253 bits per heavy atom. The van der Waals surface area contributed by atoms with Crippen molar-refractivity contribution in [1.29, 1.82) is 0 Å². The maximum atomic E-state index is 7.03. The normalized spacial score (nSPS) is 14.7. The molecule has 6 aromatic rings. The first-order chi connectivity index (χ1) is 42.8. The van der Waals surface area contributed by atoms with Gasteiger partial charge < -0.3 is 112 Å². The summed E-state index contributed by atoms with van der Waals surface area (Å²) in [4.78, 5) is 0. The molecule has 0 aromatic heterocycles. The second kappa shape index (κ2) is 77.0. The Bertz CT molecular complexity index is 1880. The number of benzene rings is 6. The van der Waals surface area contributed by atoms with Crippen LogP contribution in [-0.4, -0.2) is 106 Å². The molecular formula is C68H100Mn6N12O9. The van der Waals surface area contributed by atoms with E-state index >= 15 is 0 Å². The Labute approximate surface area is 631 Å². The van der Waals surface area contributed by atoms with Crippen molar-refractivity contribution in [3.8, 4) is 0 Å². The molecule has 0 spiro atoms. The smallest absolute Gasteiger partial charge is 2.00 e. The number of rotatable bonds is 0. The zero-order valence-corrected chi connectivity index (χ0v) is 61.5. The summed E-state index contributed by atoms with van der Waals surface area (Å²) in [7, 11) is 0. The van der Waals surface area contributed by atoms with Gasteiger partial charge in [0, 0.05) is 106 Å². The molecule has 8 fully saturated rings. The molecule has 95 heavy (non-hydrogen) atoms. The molecule has 8 saturated heterocycles. The molecule has 12 N–H and O–H groups in total. The van der Waals surface area contributed by atoms with Crippen LogP contribution in [0, 0.1) is 0 Å². The molecule has 0 atom stereocenters. The van der Waals surface area contributed by atoms with E-state index in [0.29, 0.717) is 0 Å². The van der Waals surface area contributed by atoms with E-state index in [2.05, 4.69) is 0 Å². The van der Waals surface area contributed by atoms with Crippen molar-refractivity contribution in [3.63, 3.8) is 0 Å². The molecular weight excluding hydrogens is 1460 g/mol. The molecule has 27 heteroatoms. The quantitative estimate of drug-likeness (QED) is 0.131. The number of ether oxygens (including phenoxy) is 8. The van der Waals surface area contributed by atoms with Crippen molar-refractivity contribution in [3.05, 3.63) is 214 Å². The van der Waals surface area contributed by atoms with Crippen molar-refractivity contribution in [2.24, 2.45) is 0 Å². The summed E-state index contributed by atoms with van der Waals surface area (Å²) < 4.78 is 39.6. The van der Waals surface area contributed by atoms with Gasteiger partial charge in [0.1, 0.15) is 0 Å². The SMILES string of the molecule is C1CCOC1.C1CCOC1.C1CCOC1.C1CCOC1.C1CCOC1.C1CCOC1.C1CCOC1.C1CCOC1.[Mn+2].[Mn+2].[Mn+2].[Mn+2].[Mn+3].[Mn+3].[NH-]c1ccccc1[NH-].[NH-]c1ccccc1[NH-].[NH-]c1ccccc1[NH-].[NH-]c1ccccc1[NH-].[NH-]c1ccccc1[NH-].[NH-]c1ccccc1[NH-].[O-2]. The summed E-state index contributed by atoms with van der Waals surface area (Å²) >= 11 is 0. The van der Waals surface area contributed by atoms with E-state index in [-0.39, 0.29) is 176 Å². The topological polar surface area (TPSA) is 388 Å². The van der Waals surface area contributed by atoms with Gasteiger partial charge in [-0.1, -0.05) is 146 Å². The summed E-state index contributed by atoms with van der Waals surface area (Å²) in [6.45, 7) is 16.0. The standard InChI is InChI=1S/6C6H6N2.8C4H8O.6Mn.O/c6*7-5-3-1-2-4-6(5)8;8*1-2-4-5-3-1;;;;;;;/h6*1-4,7-8H;8*1-4H2;;;;;;;/q6*-2;;;;;;;;;4*+2;2*+3;-2. The Balaban J connectivity index is -0.000000175. The van der Waals surface area contributed by atoms with Crippen LogP contribution < -0.4 is 0 Å². The van der Waals surface area contributed by atoms with Crippen LogP contribution in [0.3, 0.4) is 0 Å². The third-order valence-electron chi connectivity index (χ3n) is 12.2. The summed E-state index contributed by atoms with van der Waals surface area (Å²) in [6, 6.07) is 40.2. The predicted octanol–water partition coefficient (Wildman–Crippen LogP) is 24.6. The zero-order valence-electron chi connectivity index (χ0n) is 54.4. The summed E-state index contributed by atoms with van der Waals surface area (Å²) in [5.74, 6) is 0. The average molecular weight is 1560 g/mol. The van der Waals surface area contributed by atoms with Gasteiger partial charge in [-0.2, -0.15) is 68.2 Å². The first-order valence-electron chi connectivity index (χ1n) is 30.6. The van der Waals surface area contributed by atoms with E-state index < -0.39 is 0 Å². The Morgan fingerprint density at radius 2 is 0.221 bits per heavy atom. The molecule has 528 valence electrons. The average Bonchev–Trinajstić information content (AvgIpc) is 4.61. The third-order valence-corrected chi connectivity index (χ3v) is 12.2. The van der Waals surface area contributed by atoms with E-state index in [1.165, 1.54) is 103 Å². The van der Waals surface area contributed by atoms with E-state index in [1.807, 2.05) is 0 Å². The molecule has 8 aliphatic rings. The molecule has 14 rings (SSSR count). The molecule has 0 bridgehead atoms. The minimum atomic E-state index is 0. The Kier molecular flexibility index (Phi) is 84.5. The van der Waals surface area contributed by atoms with Gasteiger partial charge in [-0.15, -0.1) is 0 Å². The minimum absolute atomic E-state index is 0. The molecule has 4 radical (unpaired) electrons. The summed E-state index contributed by atoms with van der Waals surface area (Å²) in [5, 5.41) is 0. The van der Waals surface area contributed by atoms with Gasteiger partial charge in [0.15, 0.2) is 0 Å². The second-order valence-corrected chi connectivity index (χ2v) is 19.8. The van der Waals surface area contributed by atoms with Gasteiger partial charge in [0.05, 0.1) is 0 Å². The zero-order chi connectivity index (χ0) is 64.2. The largest absolute Gasteiger partial charge is 3.00 e. The van der Waals surface area contributed by atoms with Gasteiger partial charge in [-0.3, -0.25) is 0 Å². The van der Waals surface area contributed by atoms with E-state index in [1.54, 1.807) is 146 Å². The fourth-order valence-electron chi connectivity index (χ4n) is 6.98. The maximum absolute atomic E-state index is 7.03. The van der Waals surface area contributed by atoms with Gasteiger partial charge in [-0.25, -0.2) is 0 Å². The van der Waals surface area contributed by atoms with Gasteiger partial charge >= 0.3 is 102 Å². The monoisotopic (exact) mass is 1560 g/mol. The predicted molar refractivity (Wildman–Crippen MR) is 368 cm³/mol. The molecule has 0 saturated carbocycles. The van der Waals surface area contributed by atoms with Gasteiger partial charge in [-0.05, 0) is 103 Å². The maximum Gasteiger partial charge on any atom is 3.00 e.